The van der Waals surface area contributed by atoms with E-state index < -0.39 is 5.97 Å². The summed E-state index contributed by atoms with van der Waals surface area (Å²) in [5, 5.41) is 11.6. The van der Waals surface area contributed by atoms with Crippen molar-refractivity contribution in [3.05, 3.63) is 0 Å². The molecule has 0 aromatic heterocycles. The smallest absolute Gasteiger partial charge is 0.303 e. The number of carbonyl (C=O) groups excluding carboxylic acids is 1. The summed E-state index contributed by atoms with van der Waals surface area (Å²) < 4.78 is 0. The summed E-state index contributed by atoms with van der Waals surface area (Å²) in [6.45, 7) is 2.48. The van der Waals surface area contributed by atoms with Gasteiger partial charge in [-0.3, -0.25) is 9.59 Å². The zero-order valence-corrected chi connectivity index (χ0v) is 9.21. The van der Waals surface area contributed by atoms with E-state index in [1.54, 1.807) is 0 Å². The van der Waals surface area contributed by atoms with E-state index in [0.717, 1.165) is 25.7 Å². The van der Waals surface area contributed by atoms with Gasteiger partial charge in [-0.1, -0.05) is 13.3 Å². The quantitative estimate of drug-likeness (QED) is 0.703. The summed E-state index contributed by atoms with van der Waals surface area (Å²) in [5.74, 6) is -0.728. The summed E-state index contributed by atoms with van der Waals surface area (Å²) in [6.07, 6.45) is 4.47. The van der Waals surface area contributed by atoms with Gasteiger partial charge in [0.1, 0.15) is 0 Å². The minimum absolute atomic E-state index is 0.0363. The maximum atomic E-state index is 11.3. The van der Waals surface area contributed by atoms with E-state index in [0.29, 0.717) is 13.0 Å². The second-order valence-corrected chi connectivity index (χ2v) is 4.45. The Kier molecular flexibility index (Phi) is 4.12. The summed E-state index contributed by atoms with van der Waals surface area (Å²) >= 11 is 0. The summed E-state index contributed by atoms with van der Waals surface area (Å²) in [4.78, 5) is 21.9. The standard InChI is InChI=1S/C11H19NO3/c1-2-4-9(13)12-8-11(5-3-6-11)7-10(14)15/h2-8H2,1H3,(H,12,13)(H,14,15). The second-order valence-electron chi connectivity index (χ2n) is 4.45. The zero-order chi connectivity index (χ0) is 11.3. The van der Waals surface area contributed by atoms with Crippen molar-refractivity contribution in [2.24, 2.45) is 5.41 Å². The first-order valence-electron chi connectivity index (χ1n) is 5.56. The third-order valence-electron chi connectivity index (χ3n) is 3.08. The highest BCUT2D eigenvalue weighted by atomic mass is 16.4. The van der Waals surface area contributed by atoms with Gasteiger partial charge in [0.15, 0.2) is 0 Å². The van der Waals surface area contributed by atoms with Crippen LogP contribution in [0.1, 0.15) is 45.4 Å². The van der Waals surface area contributed by atoms with Gasteiger partial charge in [0.05, 0.1) is 6.42 Å². The highest BCUT2D eigenvalue weighted by Gasteiger charge is 2.39. The van der Waals surface area contributed by atoms with Crippen molar-refractivity contribution in [3.8, 4) is 0 Å². The number of amides is 1. The van der Waals surface area contributed by atoms with Crippen molar-refractivity contribution in [3.63, 3.8) is 0 Å². The molecule has 4 nitrogen and oxygen atoms in total. The Hall–Kier alpha value is -1.06. The lowest BCUT2D eigenvalue weighted by atomic mass is 9.66. The Labute approximate surface area is 90.0 Å². The molecule has 0 unspecified atom stereocenters. The van der Waals surface area contributed by atoms with Crippen LogP contribution in [0.4, 0.5) is 0 Å². The lowest BCUT2D eigenvalue weighted by molar-refractivity contribution is -0.141. The number of rotatable bonds is 6. The Balaban J connectivity index is 2.33. The summed E-state index contributed by atoms with van der Waals surface area (Å²) in [5.41, 5.74) is -0.158. The monoisotopic (exact) mass is 213 g/mol. The highest BCUT2D eigenvalue weighted by molar-refractivity contribution is 5.76. The minimum Gasteiger partial charge on any atom is -0.481 e. The molecule has 0 aromatic rings. The van der Waals surface area contributed by atoms with E-state index in [9.17, 15) is 9.59 Å². The van der Waals surface area contributed by atoms with Gasteiger partial charge in [0.2, 0.25) is 5.91 Å². The lowest BCUT2D eigenvalue weighted by Crippen LogP contribution is -2.43. The van der Waals surface area contributed by atoms with E-state index >= 15 is 0 Å². The van der Waals surface area contributed by atoms with Crippen LogP contribution in [0.2, 0.25) is 0 Å². The average molecular weight is 213 g/mol. The summed E-state index contributed by atoms with van der Waals surface area (Å²) in [7, 11) is 0. The normalized spacial score (nSPS) is 17.9. The van der Waals surface area contributed by atoms with E-state index in [1.165, 1.54) is 0 Å². The number of carboxylic acids is 1. The van der Waals surface area contributed by atoms with Gasteiger partial charge >= 0.3 is 5.97 Å². The maximum absolute atomic E-state index is 11.3. The molecule has 15 heavy (non-hydrogen) atoms. The van der Waals surface area contributed by atoms with Gasteiger partial charge in [0.25, 0.3) is 0 Å². The molecule has 0 radical (unpaired) electrons. The van der Waals surface area contributed by atoms with Crippen LogP contribution in [-0.2, 0) is 9.59 Å². The van der Waals surface area contributed by atoms with Crippen molar-refractivity contribution >= 4 is 11.9 Å². The van der Waals surface area contributed by atoms with E-state index in [-0.39, 0.29) is 17.7 Å². The first-order chi connectivity index (χ1) is 7.08. The van der Waals surface area contributed by atoms with E-state index in [1.807, 2.05) is 6.92 Å². The van der Waals surface area contributed by atoms with Gasteiger partial charge in [-0.15, -0.1) is 0 Å². The highest BCUT2D eigenvalue weighted by Crippen LogP contribution is 2.43. The summed E-state index contributed by atoms with van der Waals surface area (Å²) in [6, 6.07) is 0. The Morgan fingerprint density at radius 2 is 2.07 bits per heavy atom. The largest absolute Gasteiger partial charge is 0.481 e. The topological polar surface area (TPSA) is 66.4 Å². The number of nitrogens with one attached hydrogen (secondary N) is 1. The number of aliphatic carboxylic acids is 1. The molecule has 1 fully saturated rings. The molecule has 1 saturated carbocycles. The molecule has 4 heteroatoms. The molecule has 0 aromatic carbocycles. The van der Waals surface area contributed by atoms with Crippen LogP contribution in [0, 0.1) is 5.41 Å². The fourth-order valence-electron chi connectivity index (χ4n) is 2.02. The zero-order valence-electron chi connectivity index (χ0n) is 9.21. The molecule has 0 aliphatic heterocycles. The average Bonchev–Trinajstić information content (AvgIpc) is 2.09. The Bertz CT molecular complexity index is 246. The number of hydrogen-bond acceptors (Lipinski definition) is 2. The molecule has 0 saturated heterocycles. The molecule has 1 aliphatic carbocycles. The third-order valence-corrected chi connectivity index (χ3v) is 3.08. The molecule has 0 atom stereocenters. The predicted molar refractivity (Wildman–Crippen MR) is 56.5 cm³/mol. The van der Waals surface area contributed by atoms with Crippen molar-refractivity contribution < 1.29 is 14.7 Å². The first-order valence-corrected chi connectivity index (χ1v) is 5.56. The SMILES string of the molecule is CCCC(=O)NCC1(CC(=O)O)CCC1. The lowest BCUT2D eigenvalue weighted by Gasteiger charge is -2.40. The van der Waals surface area contributed by atoms with Crippen molar-refractivity contribution in [2.45, 2.75) is 45.4 Å². The predicted octanol–water partition coefficient (Wildman–Crippen LogP) is 1.55. The molecule has 0 bridgehead atoms. The molecule has 1 aliphatic rings. The maximum Gasteiger partial charge on any atom is 0.303 e. The van der Waals surface area contributed by atoms with Crippen molar-refractivity contribution in [1.82, 2.24) is 5.32 Å². The Morgan fingerprint density at radius 1 is 1.40 bits per heavy atom. The minimum atomic E-state index is -0.764. The van der Waals surface area contributed by atoms with Gasteiger partial charge < -0.3 is 10.4 Å². The molecule has 0 heterocycles. The van der Waals surface area contributed by atoms with Crippen LogP contribution in [-0.4, -0.2) is 23.5 Å². The number of carboxylic acid groups (broad SMARTS) is 1. The van der Waals surface area contributed by atoms with E-state index in [2.05, 4.69) is 5.32 Å². The Morgan fingerprint density at radius 3 is 2.47 bits per heavy atom. The number of carbonyl (C=O) groups is 2. The van der Waals surface area contributed by atoms with Crippen LogP contribution in [0.15, 0.2) is 0 Å². The second kappa shape index (κ2) is 5.14. The van der Waals surface area contributed by atoms with Gasteiger partial charge in [-0.2, -0.15) is 0 Å². The third kappa shape index (κ3) is 3.53. The fourth-order valence-corrected chi connectivity index (χ4v) is 2.02. The van der Waals surface area contributed by atoms with Crippen LogP contribution in [0.25, 0.3) is 0 Å². The van der Waals surface area contributed by atoms with Crippen LogP contribution < -0.4 is 5.32 Å². The number of hydrogen-bond donors (Lipinski definition) is 2. The van der Waals surface area contributed by atoms with Crippen LogP contribution in [0.3, 0.4) is 0 Å². The molecular formula is C11H19NO3. The molecule has 86 valence electrons. The van der Waals surface area contributed by atoms with Crippen LogP contribution in [0.5, 0.6) is 0 Å². The fraction of sp³-hybridized carbons (Fsp3) is 0.818. The molecular weight excluding hydrogens is 194 g/mol. The molecule has 1 amide bonds. The molecule has 1 rings (SSSR count). The van der Waals surface area contributed by atoms with Crippen molar-refractivity contribution in [1.29, 1.82) is 0 Å². The molecule has 2 N–H and O–H groups in total. The van der Waals surface area contributed by atoms with E-state index in [4.69, 9.17) is 5.11 Å². The van der Waals surface area contributed by atoms with Gasteiger partial charge in [0, 0.05) is 13.0 Å². The van der Waals surface area contributed by atoms with Gasteiger partial charge in [-0.05, 0) is 24.7 Å². The van der Waals surface area contributed by atoms with Gasteiger partial charge in [-0.25, -0.2) is 0 Å². The van der Waals surface area contributed by atoms with Crippen LogP contribution >= 0.6 is 0 Å². The molecule has 0 spiro atoms. The van der Waals surface area contributed by atoms with Crippen molar-refractivity contribution in [2.75, 3.05) is 6.54 Å². The first kappa shape index (κ1) is 12.0.